The van der Waals surface area contributed by atoms with Gasteiger partial charge in [0.25, 0.3) is 0 Å². The molecule has 0 spiro atoms. The molecule has 0 aromatic heterocycles. The van der Waals surface area contributed by atoms with Crippen LogP contribution in [0.2, 0.25) is 0 Å². The van der Waals surface area contributed by atoms with E-state index in [4.69, 9.17) is 11.0 Å². The molecule has 3 nitrogen and oxygen atoms in total. The first-order valence-electron chi connectivity index (χ1n) is 2.86. The van der Waals surface area contributed by atoms with Gasteiger partial charge in [-0.1, -0.05) is 0 Å². The van der Waals surface area contributed by atoms with Crippen molar-refractivity contribution >= 4 is 5.91 Å². The molecule has 0 bridgehead atoms. The van der Waals surface area contributed by atoms with Gasteiger partial charge in [-0.05, 0) is 6.92 Å². The molecule has 54 valence electrons. The molecule has 1 amide bonds. The fraction of sp³-hybridized carbons (Fsp3) is 0.667. The second kappa shape index (κ2) is 1.48. The van der Waals surface area contributed by atoms with Gasteiger partial charge in [-0.3, -0.25) is 4.79 Å². The highest BCUT2D eigenvalue weighted by atomic mass is 19.1. The average molecular weight is 142 g/mol. The number of halogens is 1. The molecule has 10 heavy (non-hydrogen) atoms. The van der Waals surface area contributed by atoms with E-state index in [1.807, 2.05) is 0 Å². The third kappa shape index (κ3) is 0.548. The topological polar surface area (TPSA) is 66.9 Å². The zero-order valence-electron chi connectivity index (χ0n) is 5.52. The molecule has 1 rings (SSSR count). The van der Waals surface area contributed by atoms with Gasteiger partial charge < -0.3 is 5.73 Å². The van der Waals surface area contributed by atoms with Gasteiger partial charge in [0.2, 0.25) is 11.6 Å². The summed E-state index contributed by atoms with van der Waals surface area (Å²) in [4.78, 5) is 10.5. The Morgan fingerprint density at radius 1 is 1.90 bits per heavy atom. The van der Waals surface area contributed by atoms with Crippen LogP contribution in [0.3, 0.4) is 0 Å². The Labute approximate surface area is 57.6 Å². The number of carbonyl (C=O) groups is 1. The first kappa shape index (κ1) is 7.00. The summed E-state index contributed by atoms with van der Waals surface area (Å²) in [7, 11) is 0. The minimum atomic E-state index is -2.00. The van der Waals surface area contributed by atoms with E-state index < -0.39 is 17.0 Å². The van der Waals surface area contributed by atoms with Gasteiger partial charge in [-0.2, -0.15) is 5.26 Å². The fourth-order valence-corrected chi connectivity index (χ4v) is 0.888. The van der Waals surface area contributed by atoms with Crippen LogP contribution in [0.15, 0.2) is 0 Å². The van der Waals surface area contributed by atoms with Crippen molar-refractivity contribution in [2.45, 2.75) is 19.0 Å². The standard InChI is InChI=1S/C6H7FN2O/c1-5(4(9)10)2-6(5,7)3-8/h2H2,1H3,(H2,9,10). The smallest absolute Gasteiger partial charge is 0.227 e. The van der Waals surface area contributed by atoms with Crippen LogP contribution in [0.25, 0.3) is 0 Å². The van der Waals surface area contributed by atoms with Crippen LogP contribution >= 0.6 is 0 Å². The quantitative estimate of drug-likeness (QED) is 0.564. The number of primary amides is 1. The van der Waals surface area contributed by atoms with Gasteiger partial charge in [-0.15, -0.1) is 0 Å². The van der Waals surface area contributed by atoms with Crippen molar-refractivity contribution in [3.8, 4) is 6.07 Å². The number of amides is 1. The minimum absolute atomic E-state index is 0.0637. The molecule has 0 heterocycles. The third-order valence-corrected chi connectivity index (χ3v) is 2.07. The highest BCUT2D eigenvalue weighted by Gasteiger charge is 2.71. The summed E-state index contributed by atoms with van der Waals surface area (Å²) in [6.45, 7) is 1.36. The van der Waals surface area contributed by atoms with E-state index >= 15 is 0 Å². The Balaban J connectivity index is 2.85. The zero-order chi connectivity index (χ0) is 7.99. The average Bonchev–Trinajstić information content (AvgIpc) is 2.39. The van der Waals surface area contributed by atoms with Crippen LogP contribution in [0.1, 0.15) is 13.3 Å². The molecular formula is C6H7FN2O. The van der Waals surface area contributed by atoms with Crippen LogP contribution in [-0.2, 0) is 4.79 Å². The molecule has 2 N–H and O–H groups in total. The van der Waals surface area contributed by atoms with Crippen LogP contribution in [0, 0.1) is 16.7 Å². The third-order valence-electron chi connectivity index (χ3n) is 2.07. The molecule has 4 heteroatoms. The number of nitrogens with zero attached hydrogens (tertiary/aromatic N) is 1. The van der Waals surface area contributed by atoms with Crippen molar-refractivity contribution in [2.75, 3.05) is 0 Å². The number of rotatable bonds is 1. The van der Waals surface area contributed by atoms with Crippen LogP contribution in [-0.4, -0.2) is 11.6 Å². The van der Waals surface area contributed by atoms with E-state index in [0.29, 0.717) is 0 Å². The molecule has 0 aromatic carbocycles. The second-order valence-electron chi connectivity index (χ2n) is 2.79. The summed E-state index contributed by atoms with van der Waals surface area (Å²) in [5, 5.41) is 8.22. The Bertz CT molecular complexity index is 234. The molecule has 0 saturated heterocycles. The molecule has 0 radical (unpaired) electrons. The number of nitriles is 1. The molecule has 1 saturated carbocycles. The summed E-state index contributed by atoms with van der Waals surface area (Å²) in [5.74, 6) is -0.739. The number of alkyl halides is 1. The summed E-state index contributed by atoms with van der Waals surface area (Å²) in [6.07, 6.45) is -0.0637. The lowest BCUT2D eigenvalue weighted by molar-refractivity contribution is -0.123. The predicted molar refractivity (Wildman–Crippen MR) is 31.4 cm³/mol. The monoisotopic (exact) mass is 142 g/mol. The van der Waals surface area contributed by atoms with Gasteiger partial charge in [0.15, 0.2) is 0 Å². The Hall–Kier alpha value is -1.11. The highest BCUT2D eigenvalue weighted by molar-refractivity contribution is 5.86. The lowest BCUT2D eigenvalue weighted by Gasteiger charge is -2.02. The number of carbonyl (C=O) groups excluding carboxylic acids is 1. The Morgan fingerprint density at radius 3 is 2.50 bits per heavy atom. The highest BCUT2D eigenvalue weighted by Crippen LogP contribution is 2.58. The van der Waals surface area contributed by atoms with Crippen molar-refractivity contribution in [2.24, 2.45) is 11.1 Å². The maximum Gasteiger partial charge on any atom is 0.227 e. The van der Waals surface area contributed by atoms with E-state index in [0.717, 1.165) is 0 Å². The maximum absolute atomic E-state index is 12.9. The summed E-state index contributed by atoms with van der Waals surface area (Å²) in [6, 6.07) is 1.42. The Kier molecular flexibility index (Phi) is 1.04. The minimum Gasteiger partial charge on any atom is -0.369 e. The van der Waals surface area contributed by atoms with Crippen molar-refractivity contribution in [3.63, 3.8) is 0 Å². The van der Waals surface area contributed by atoms with E-state index in [-0.39, 0.29) is 6.42 Å². The molecule has 0 aromatic rings. The van der Waals surface area contributed by atoms with Crippen LogP contribution < -0.4 is 5.73 Å². The second-order valence-corrected chi connectivity index (χ2v) is 2.79. The largest absolute Gasteiger partial charge is 0.369 e. The Morgan fingerprint density at radius 2 is 2.40 bits per heavy atom. The van der Waals surface area contributed by atoms with E-state index in [1.54, 1.807) is 0 Å². The van der Waals surface area contributed by atoms with Gasteiger partial charge in [-0.25, -0.2) is 4.39 Å². The van der Waals surface area contributed by atoms with Gasteiger partial charge in [0.05, 0.1) is 5.41 Å². The summed E-state index contributed by atoms with van der Waals surface area (Å²) >= 11 is 0. The number of nitrogens with two attached hydrogens (primary N) is 1. The molecule has 1 aliphatic rings. The van der Waals surface area contributed by atoms with Gasteiger partial charge in [0, 0.05) is 6.42 Å². The lowest BCUT2D eigenvalue weighted by Crippen LogP contribution is -2.28. The van der Waals surface area contributed by atoms with Gasteiger partial charge in [0.1, 0.15) is 6.07 Å². The van der Waals surface area contributed by atoms with Gasteiger partial charge >= 0.3 is 0 Å². The molecule has 0 aliphatic heterocycles. The lowest BCUT2D eigenvalue weighted by atomic mass is 10.1. The first-order valence-corrected chi connectivity index (χ1v) is 2.86. The summed E-state index contributed by atoms with van der Waals surface area (Å²) in [5.41, 5.74) is 1.62. The fourth-order valence-electron chi connectivity index (χ4n) is 0.888. The number of hydrogen-bond acceptors (Lipinski definition) is 2. The zero-order valence-corrected chi connectivity index (χ0v) is 5.52. The van der Waals surface area contributed by atoms with Crippen LogP contribution in [0.4, 0.5) is 4.39 Å². The summed E-state index contributed by atoms with van der Waals surface area (Å²) < 4.78 is 12.9. The van der Waals surface area contributed by atoms with E-state index in [2.05, 4.69) is 0 Å². The molecule has 2 atom stereocenters. The molecule has 1 fully saturated rings. The van der Waals surface area contributed by atoms with E-state index in [1.165, 1.54) is 13.0 Å². The molecular weight excluding hydrogens is 135 g/mol. The molecule has 2 unspecified atom stereocenters. The maximum atomic E-state index is 12.9. The van der Waals surface area contributed by atoms with Crippen molar-refractivity contribution < 1.29 is 9.18 Å². The van der Waals surface area contributed by atoms with Crippen LogP contribution in [0.5, 0.6) is 0 Å². The molecule has 1 aliphatic carbocycles. The SMILES string of the molecule is CC1(C(N)=O)CC1(F)C#N. The predicted octanol–water partition coefficient (Wildman–Crippen LogP) is 0.114. The first-order chi connectivity index (χ1) is 4.46. The van der Waals surface area contributed by atoms with Crippen molar-refractivity contribution in [1.29, 1.82) is 5.26 Å². The normalized spacial score (nSPS) is 44.1. The van der Waals surface area contributed by atoms with E-state index in [9.17, 15) is 9.18 Å². The van der Waals surface area contributed by atoms with Crippen molar-refractivity contribution in [1.82, 2.24) is 0 Å². The van der Waals surface area contributed by atoms with Crippen molar-refractivity contribution in [3.05, 3.63) is 0 Å². The number of hydrogen-bond donors (Lipinski definition) is 1.